The van der Waals surface area contributed by atoms with Crippen molar-refractivity contribution in [2.75, 3.05) is 0 Å². The molecule has 0 fully saturated rings. The minimum absolute atomic E-state index is 0. The summed E-state index contributed by atoms with van der Waals surface area (Å²) in [5, 5.41) is 3.09. The van der Waals surface area contributed by atoms with Crippen LogP contribution >= 0.6 is 12.4 Å². The number of hydrogen-bond donors (Lipinski definition) is 2. The normalized spacial score (nSPS) is 14.3. The molecule has 0 aromatic heterocycles. The van der Waals surface area contributed by atoms with Crippen LogP contribution in [-0.2, 0) is 16.8 Å². The van der Waals surface area contributed by atoms with Gasteiger partial charge < -0.3 is 11.1 Å². The standard InChI is InChI=1S/C18H22N2O.ClH/c1-14(19)17(21)20-18(2,16-11-7-4-8-12-16)13-15-9-5-3-6-10-15;/h3-12,14H,13,19H2,1-2H3,(H,20,21);1H/t14-,18?;/m1./s1. The summed E-state index contributed by atoms with van der Waals surface area (Å²) in [6.45, 7) is 3.73. The number of benzene rings is 2. The first kappa shape index (κ1) is 18.2. The summed E-state index contributed by atoms with van der Waals surface area (Å²) in [7, 11) is 0. The minimum Gasteiger partial charge on any atom is -0.345 e. The lowest BCUT2D eigenvalue weighted by Gasteiger charge is -2.32. The number of nitrogens with two attached hydrogens (primary N) is 1. The van der Waals surface area contributed by atoms with E-state index >= 15 is 0 Å². The topological polar surface area (TPSA) is 55.1 Å². The van der Waals surface area contributed by atoms with Crippen LogP contribution in [0.5, 0.6) is 0 Å². The van der Waals surface area contributed by atoms with Gasteiger partial charge in [0, 0.05) is 0 Å². The van der Waals surface area contributed by atoms with E-state index in [0.29, 0.717) is 0 Å². The first-order valence-electron chi connectivity index (χ1n) is 7.18. The molecular formula is C18H23ClN2O. The predicted octanol–water partition coefficient (Wildman–Crippen LogP) is 3.03. The molecule has 0 aliphatic heterocycles. The van der Waals surface area contributed by atoms with E-state index in [2.05, 4.69) is 17.4 Å². The highest BCUT2D eigenvalue weighted by Crippen LogP contribution is 2.25. The Labute approximate surface area is 138 Å². The monoisotopic (exact) mass is 318 g/mol. The van der Waals surface area contributed by atoms with Gasteiger partial charge in [0.25, 0.3) is 0 Å². The summed E-state index contributed by atoms with van der Waals surface area (Å²) in [5.41, 5.74) is 7.47. The maximum absolute atomic E-state index is 12.1. The average molecular weight is 319 g/mol. The predicted molar refractivity (Wildman–Crippen MR) is 93.0 cm³/mol. The van der Waals surface area contributed by atoms with E-state index in [-0.39, 0.29) is 18.3 Å². The molecule has 118 valence electrons. The van der Waals surface area contributed by atoms with Gasteiger partial charge >= 0.3 is 0 Å². The van der Waals surface area contributed by atoms with Crippen molar-refractivity contribution in [3.05, 3.63) is 71.8 Å². The third-order valence-electron chi connectivity index (χ3n) is 3.62. The van der Waals surface area contributed by atoms with Crippen LogP contribution in [0.3, 0.4) is 0 Å². The van der Waals surface area contributed by atoms with Crippen molar-refractivity contribution in [3.8, 4) is 0 Å². The quantitative estimate of drug-likeness (QED) is 0.890. The molecule has 3 nitrogen and oxygen atoms in total. The van der Waals surface area contributed by atoms with E-state index in [1.807, 2.05) is 55.5 Å². The zero-order chi connectivity index (χ0) is 15.3. The number of nitrogens with one attached hydrogen (secondary N) is 1. The van der Waals surface area contributed by atoms with Crippen molar-refractivity contribution in [2.24, 2.45) is 5.73 Å². The zero-order valence-corrected chi connectivity index (χ0v) is 13.8. The fourth-order valence-electron chi connectivity index (χ4n) is 2.41. The minimum atomic E-state index is -0.524. The molecule has 0 saturated heterocycles. The van der Waals surface area contributed by atoms with Gasteiger partial charge in [-0.2, -0.15) is 0 Å². The molecule has 0 aliphatic carbocycles. The Bertz CT molecular complexity index is 587. The van der Waals surface area contributed by atoms with Gasteiger partial charge in [-0.05, 0) is 31.4 Å². The molecular weight excluding hydrogens is 296 g/mol. The van der Waals surface area contributed by atoms with Gasteiger partial charge in [-0.1, -0.05) is 60.7 Å². The Morgan fingerprint density at radius 1 is 1.09 bits per heavy atom. The van der Waals surface area contributed by atoms with Crippen molar-refractivity contribution in [3.63, 3.8) is 0 Å². The molecule has 3 N–H and O–H groups in total. The first-order chi connectivity index (χ1) is 10.0. The second kappa shape index (κ2) is 7.97. The number of amides is 1. The summed E-state index contributed by atoms with van der Waals surface area (Å²) in [5.74, 6) is -0.141. The van der Waals surface area contributed by atoms with Gasteiger partial charge in [-0.15, -0.1) is 12.4 Å². The molecule has 4 heteroatoms. The molecule has 2 aromatic carbocycles. The fraction of sp³-hybridized carbons (Fsp3) is 0.278. The second-order valence-electron chi connectivity index (χ2n) is 5.64. The Kier molecular flexibility index (Phi) is 6.60. The maximum Gasteiger partial charge on any atom is 0.237 e. The Morgan fingerprint density at radius 3 is 2.09 bits per heavy atom. The Morgan fingerprint density at radius 2 is 1.59 bits per heavy atom. The summed E-state index contributed by atoms with van der Waals surface area (Å²) >= 11 is 0. The van der Waals surface area contributed by atoms with Crippen LogP contribution in [0.2, 0.25) is 0 Å². The van der Waals surface area contributed by atoms with Crippen LogP contribution in [0.15, 0.2) is 60.7 Å². The molecule has 0 heterocycles. The van der Waals surface area contributed by atoms with Crippen LogP contribution in [0.1, 0.15) is 25.0 Å². The second-order valence-corrected chi connectivity index (χ2v) is 5.64. The van der Waals surface area contributed by atoms with Crippen LogP contribution in [0.4, 0.5) is 0 Å². The van der Waals surface area contributed by atoms with Crippen molar-refractivity contribution in [2.45, 2.75) is 31.8 Å². The van der Waals surface area contributed by atoms with Crippen LogP contribution in [0.25, 0.3) is 0 Å². The van der Waals surface area contributed by atoms with Gasteiger partial charge in [0.1, 0.15) is 0 Å². The van der Waals surface area contributed by atoms with Crippen LogP contribution < -0.4 is 11.1 Å². The number of halogens is 1. The van der Waals surface area contributed by atoms with Crippen molar-refractivity contribution in [1.82, 2.24) is 5.32 Å². The van der Waals surface area contributed by atoms with Gasteiger partial charge in [-0.25, -0.2) is 0 Å². The Balaban J connectivity index is 0.00000242. The molecule has 2 atom stereocenters. The molecule has 0 aliphatic rings. The highest BCUT2D eigenvalue weighted by atomic mass is 35.5. The van der Waals surface area contributed by atoms with Gasteiger partial charge in [-0.3, -0.25) is 4.79 Å². The fourth-order valence-corrected chi connectivity index (χ4v) is 2.41. The van der Waals surface area contributed by atoms with Crippen molar-refractivity contribution >= 4 is 18.3 Å². The molecule has 0 radical (unpaired) electrons. The zero-order valence-electron chi connectivity index (χ0n) is 13.0. The lowest BCUT2D eigenvalue weighted by molar-refractivity contribution is -0.123. The number of hydrogen-bond acceptors (Lipinski definition) is 2. The summed E-state index contributed by atoms with van der Waals surface area (Å²) in [6, 6.07) is 19.6. The van der Waals surface area contributed by atoms with Gasteiger partial charge in [0.05, 0.1) is 11.6 Å². The lowest BCUT2D eigenvalue weighted by atomic mass is 9.85. The molecule has 2 rings (SSSR count). The molecule has 0 bridgehead atoms. The van der Waals surface area contributed by atoms with E-state index in [1.54, 1.807) is 6.92 Å². The molecule has 0 spiro atoms. The average Bonchev–Trinajstić information content (AvgIpc) is 2.49. The van der Waals surface area contributed by atoms with E-state index in [0.717, 1.165) is 12.0 Å². The van der Waals surface area contributed by atoms with Crippen LogP contribution in [0, 0.1) is 0 Å². The van der Waals surface area contributed by atoms with E-state index in [1.165, 1.54) is 5.56 Å². The summed E-state index contributed by atoms with van der Waals surface area (Å²) < 4.78 is 0. The van der Waals surface area contributed by atoms with Crippen molar-refractivity contribution < 1.29 is 4.79 Å². The highest BCUT2D eigenvalue weighted by molar-refractivity contribution is 5.85. The molecule has 1 amide bonds. The molecule has 22 heavy (non-hydrogen) atoms. The largest absolute Gasteiger partial charge is 0.345 e. The molecule has 2 aromatic rings. The number of carbonyl (C=O) groups excluding carboxylic acids is 1. The third kappa shape index (κ3) is 4.58. The SMILES string of the molecule is C[C@@H](N)C(=O)NC(C)(Cc1ccccc1)c1ccccc1.Cl. The van der Waals surface area contributed by atoms with Gasteiger partial charge in [0.2, 0.25) is 5.91 Å². The summed E-state index contributed by atoms with van der Waals surface area (Å²) in [4.78, 5) is 12.1. The van der Waals surface area contributed by atoms with Crippen LogP contribution in [-0.4, -0.2) is 11.9 Å². The van der Waals surface area contributed by atoms with E-state index < -0.39 is 11.6 Å². The molecule has 0 saturated carbocycles. The van der Waals surface area contributed by atoms with Gasteiger partial charge in [0.15, 0.2) is 0 Å². The Hall–Kier alpha value is -1.84. The van der Waals surface area contributed by atoms with E-state index in [9.17, 15) is 4.79 Å². The highest BCUT2D eigenvalue weighted by Gasteiger charge is 2.29. The summed E-state index contributed by atoms with van der Waals surface area (Å²) in [6.07, 6.45) is 0.719. The van der Waals surface area contributed by atoms with Crippen molar-refractivity contribution in [1.29, 1.82) is 0 Å². The smallest absolute Gasteiger partial charge is 0.237 e. The maximum atomic E-state index is 12.1. The molecule has 1 unspecified atom stereocenters. The number of carbonyl (C=O) groups is 1. The third-order valence-corrected chi connectivity index (χ3v) is 3.62. The van der Waals surface area contributed by atoms with E-state index in [4.69, 9.17) is 5.73 Å². The first-order valence-corrected chi connectivity index (χ1v) is 7.18. The lowest BCUT2D eigenvalue weighted by Crippen LogP contribution is -2.50. The number of rotatable bonds is 5.